The predicted octanol–water partition coefficient (Wildman–Crippen LogP) is 3.37. The number of para-hydroxylation sites is 2. The summed E-state index contributed by atoms with van der Waals surface area (Å²) in [6.45, 7) is 5.65. The number of piperidine rings is 1. The van der Waals surface area contributed by atoms with Gasteiger partial charge in [0.05, 0.1) is 25.6 Å². The number of methoxy groups -OCH3 is 2. The van der Waals surface area contributed by atoms with E-state index in [1.807, 2.05) is 6.07 Å². The molecule has 0 spiro atoms. The Hall–Kier alpha value is -2.40. The number of likely N-dealkylation sites (N-methyl/N-ethyl adjacent to an activating group) is 1. The third-order valence-corrected chi connectivity index (χ3v) is 7.06. The highest BCUT2D eigenvalue weighted by Gasteiger charge is 2.44. The topological polar surface area (TPSA) is 28.2 Å². The molecule has 1 fully saturated rings. The fourth-order valence-electron chi connectivity index (χ4n) is 5.61. The second-order valence-corrected chi connectivity index (χ2v) is 8.50. The van der Waals surface area contributed by atoms with Gasteiger partial charge in [0.15, 0.2) is 11.5 Å². The minimum atomic E-state index is 0.623. The lowest BCUT2D eigenvalue weighted by atomic mass is 9.89. The van der Waals surface area contributed by atoms with Crippen LogP contribution in [0.4, 0.5) is 11.4 Å². The van der Waals surface area contributed by atoms with Crippen molar-refractivity contribution >= 4 is 11.4 Å². The number of hydrogen-bond acceptors (Lipinski definition) is 5. The van der Waals surface area contributed by atoms with E-state index < -0.39 is 0 Å². The first-order valence-corrected chi connectivity index (χ1v) is 10.7. The maximum atomic E-state index is 5.63. The number of anilines is 2. The first kappa shape index (κ1) is 18.6. The lowest BCUT2D eigenvalue weighted by molar-refractivity contribution is 0.195. The molecule has 154 valence electrons. The van der Waals surface area contributed by atoms with Crippen molar-refractivity contribution in [2.24, 2.45) is 0 Å². The highest BCUT2D eigenvalue weighted by atomic mass is 16.5. The fourth-order valence-corrected chi connectivity index (χ4v) is 5.61. The number of rotatable bonds is 5. The van der Waals surface area contributed by atoms with Crippen LogP contribution in [0.1, 0.15) is 23.5 Å². The van der Waals surface area contributed by atoms with Crippen molar-refractivity contribution < 1.29 is 9.47 Å². The average Bonchev–Trinajstić information content (AvgIpc) is 3.08. The number of fused-ring (bicyclic) bond motifs is 3. The van der Waals surface area contributed by atoms with Crippen molar-refractivity contribution in [1.29, 1.82) is 0 Å². The molecule has 0 amide bonds. The Kier molecular flexibility index (Phi) is 4.78. The molecular weight excluding hydrogens is 362 g/mol. The molecule has 5 nitrogen and oxygen atoms in total. The van der Waals surface area contributed by atoms with E-state index in [2.05, 4.69) is 52.1 Å². The third kappa shape index (κ3) is 3.03. The minimum absolute atomic E-state index is 0.623. The fraction of sp³-hybridized carbons (Fsp3) is 0.500. The monoisotopic (exact) mass is 393 g/mol. The van der Waals surface area contributed by atoms with Crippen molar-refractivity contribution in [1.82, 2.24) is 4.90 Å². The molecule has 0 saturated carbocycles. The van der Waals surface area contributed by atoms with Crippen LogP contribution < -0.4 is 19.3 Å². The molecule has 0 aromatic heterocycles. The maximum Gasteiger partial charge on any atom is 0.163 e. The van der Waals surface area contributed by atoms with Crippen molar-refractivity contribution in [3.8, 4) is 11.5 Å². The van der Waals surface area contributed by atoms with E-state index in [0.717, 1.165) is 44.1 Å². The molecule has 5 rings (SSSR count). The van der Waals surface area contributed by atoms with Crippen LogP contribution in [0.5, 0.6) is 11.5 Å². The van der Waals surface area contributed by atoms with Gasteiger partial charge in [-0.05, 0) is 36.1 Å². The Balaban J connectivity index is 1.33. The third-order valence-electron chi connectivity index (χ3n) is 7.06. The zero-order valence-electron chi connectivity index (χ0n) is 17.7. The van der Waals surface area contributed by atoms with Crippen LogP contribution in [0.2, 0.25) is 0 Å². The molecule has 3 aliphatic rings. The summed E-state index contributed by atoms with van der Waals surface area (Å²) < 4.78 is 11.1. The molecule has 0 radical (unpaired) electrons. The number of ether oxygens (including phenoxy) is 2. The van der Waals surface area contributed by atoms with Gasteiger partial charge in [-0.2, -0.15) is 0 Å². The maximum absolute atomic E-state index is 5.63. The van der Waals surface area contributed by atoms with Crippen LogP contribution >= 0.6 is 0 Å². The van der Waals surface area contributed by atoms with Gasteiger partial charge >= 0.3 is 0 Å². The molecule has 3 heterocycles. The van der Waals surface area contributed by atoms with Crippen molar-refractivity contribution in [2.45, 2.75) is 24.8 Å². The Labute approximate surface area is 173 Å². The van der Waals surface area contributed by atoms with E-state index in [4.69, 9.17) is 9.47 Å². The SMILES string of the molecule is COc1cccc(CCN2CC[C@H]3[C@@H](C2)c2cccc4c2N3CCN4C)c1OC. The summed E-state index contributed by atoms with van der Waals surface area (Å²) in [7, 11) is 5.66. The van der Waals surface area contributed by atoms with Crippen LogP contribution in [0.3, 0.4) is 0 Å². The van der Waals surface area contributed by atoms with Crippen molar-refractivity contribution in [3.05, 3.63) is 47.5 Å². The highest BCUT2D eigenvalue weighted by Crippen LogP contribution is 2.50. The summed E-state index contributed by atoms with van der Waals surface area (Å²) >= 11 is 0. The first-order valence-electron chi connectivity index (χ1n) is 10.7. The van der Waals surface area contributed by atoms with E-state index in [1.54, 1.807) is 19.8 Å². The van der Waals surface area contributed by atoms with Gasteiger partial charge in [0.2, 0.25) is 0 Å². The van der Waals surface area contributed by atoms with Gasteiger partial charge in [0.1, 0.15) is 0 Å². The van der Waals surface area contributed by atoms with Gasteiger partial charge < -0.3 is 24.2 Å². The van der Waals surface area contributed by atoms with Crippen LogP contribution in [-0.2, 0) is 6.42 Å². The Morgan fingerprint density at radius 2 is 1.86 bits per heavy atom. The largest absolute Gasteiger partial charge is 0.493 e. The quantitative estimate of drug-likeness (QED) is 0.777. The molecule has 5 heteroatoms. The molecule has 1 saturated heterocycles. The Bertz CT molecular complexity index is 900. The van der Waals surface area contributed by atoms with Gasteiger partial charge in [-0.15, -0.1) is 0 Å². The zero-order chi connectivity index (χ0) is 20.0. The number of hydrogen-bond donors (Lipinski definition) is 0. The molecule has 2 aromatic carbocycles. The molecule has 0 N–H and O–H groups in total. The normalized spacial score (nSPS) is 23.0. The first-order chi connectivity index (χ1) is 14.2. The highest BCUT2D eigenvalue weighted by molar-refractivity contribution is 5.80. The Morgan fingerprint density at radius 3 is 2.69 bits per heavy atom. The van der Waals surface area contributed by atoms with E-state index >= 15 is 0 Å². The van der Waals surface area contributed by atoms with Gasteiger partial charge in [0, 0.05) is 51.7 Å². The summed E-state index contributed by atoms with van der Waals surface area (Å²) in [5, 5.41) is 0. The van der Waals surface area contributed by atoms with E-state index in [-0.39, 0.29) is 0 Å². The van der Waals surface area contributed by atoms with Gasteiger partial charge in [-0.3, -0.25) is 0 Å². The second kappa shape index (κ2) is 7.45. The molecule has 29 heavy (non-hydrogen) atoms. The second-order valence-electron chi connectivity index (χ2n) is 8.50. The number of likely N-dealkylation sites (tertiary alicyclic amines) is 1. The molecule has 0 unspecified atom stereocenters. The van der Waals surface area contributed by atoms with Crippen molar-refractivity contribution in [3.63, 3.8) is 0 Å². The number of benzene rings is 2. The smallest absolute Gasteiger partial charge is 0.163 e. The lowest BCUT2D eigenvalue weighted by Gasteiger charge is -2.41. The van der Waals surface area contributed by atoms with Gasteiger partial charge in [-0.1, -0.05) is 24.3 Å². The summed E-state index contributed by atoms with van der Waals surface area (Å²) in [6, 6.07) is 13.7. The minimum Gasteiger partial charge on any atom is -0.493 e. The average molecular weight is 394 g/mol. The van der Waals surface area contributed by atoms with Gasteiger partial charge in [0.25, 0.3) is 0 Å². The zero-order valence-corrected chi connectivity index (χ0v) is 17.7. The summed E-state index contributed by atoms with van der Waals surface area (Å²) in [4.78, 5) is 7.76. The molecule has 2 atom stereocenters. The standard InChI is InChI=1S/C24H31N3O2/c1-25-14-15-27-20-11-13-26(16-19(20)18-7-5-8-21(25)23(18)27)12-10-17-6-4-9-22(28-2)24(17)29-3/h4-9,19-20H,10-16H2,1-3H3/t19-,20-/m0/s1. The van der Waals surface area contributed by atoms with Crippen LogP contribution in [0.25, 0.3) is 0 Å². The summed E-state index contributed by atoms with van der Waals surface area (Å²) in [5.41, 5.74) is 5.70. The molecule has 2 aromatic rings. The van der Waals surface area contributed by atoms with Crippen molar-refractivity contribution in [2.75, 3.05) is 63.8 Å². The molecule has 0 bridgehead atoms. The predicted molar refractivity (Wildman–Crippen MR) is 118 cm³/mol. The van der Waals surface area contributed by atoms with E-state index in [0.29, 0.717) is 12.0 Å². The summed E-state index contributed by atoms with van der Waals surface area (Å²) in [6.07, 6.45) is 2.23. The number of nitrogens with zero attached hydrogens (tertiary/aromatic N) is 3. The van der Waals surface area contributed by atoms with Crippen LogP contribution in [0.15, 0.2) is 36.4 Å². The van der Waals surface area contributed by atoms with Crippen LogP contribution in [-0.4, -0.2) is 64.9 Å². The lowest BCUT2D eigenvalue weighted by Crippen LogP contribution is -2.49. The van der Waals surface area contributed by atoms with Crippen LogP contribution in [0, 0.1) is 0 Å². The van der Waals surface area contributed by atoms with E-state index in [9.17, 15) is 0 Å². The Morgan fingerprint density at radius 1 is 1.00 bits per heavy atom. The van der Waals surface area contributed by atoms with E-state index in [1.165, 1.54) is 29.9 Å². The van der Waals surface area contributed by atoms with Gasteiger partial charge in [-0.25, -0.2) is 0 Å². The molecule has 3 aliphatic heterocycles. The summed E-state index contributed by atoms with van der Waals surface area (Å²) in [5.74, 6) is 2.32. The molecule has 0 aliphatic carbocycles. The molecular formula is C24H31N3O2.